The van der Waals surface area contributed by atoms with Crippen molar-refractivity contribution in [2.45, 2.75) is 19.9 Å². The van der Waals surface area contributed by atoms with Gasteiger partial charge in [-0.05, 0) is 38.2 Å². The first-order valence-corrected chi connectivity index (χ1v) is 5.48. The molecule has 1 aliphatic rings. The molecule has 1 aliphatic heterocycles. The Morgan fingerprint density at radius 2 is 2.06 bits per heavy atom. The number of hydrogen-bond donors (Lipinski definition) is 1. The van der Waals surface area contributed by atoms with Gasteiger partial charge in [0.05, 0.1) is 0 Å². The second-order valence-electron chi connectivity index (χ2n) is 3.84. The molecule has 0 saturated carbocycles. The fourth-order valence-electron chi connectivity index (χ4n) is 1.71. The van der Waals surface area contributed by atoms with E-state index in [0.29, 0.717) is 5.11 Å². The lowest BCUT2D eigenvalue weighted by Crippen LogP contribution is -2.40. The molecular formula is C11H14N2O2S. The summed E-state index contributed by atoms with van der Waals surface area (Å²) in [6, 6.07) is 5.89. The van der Waals surface area contributed by atoms with Crippen molar-refractivity contribution in [1.82, 2.24) is 0 Å². The Balaban J connectivity index is 2.35. The Hall–Kier alpha value is -1.49. The lowest BCUT2D eigenvalue weighted by Gasteiger charge is -2.27. The molecule has 0 atom stereocenters. The molecule has 0 aromatic heterocycles. The smallest absolute Gasteiger partial charge is 0.231 e. The summed E-state index contributed by atoms with van der Waals surface area (Å²) in [7, 11) is 0. The molecule has 0 spiro atoms. The SMILES string of the molecule is CC(C)N(C(N)=S)c1ccc2c(c1)OCO2. The van der Waals surface area contributed by atoms with Gasteiger partial charge < -0.3 is 20.1 Å². The van der Waals surface area contributed by atoms with E-state index in [9.17, 15) is 0 Å². The topological polar surface area (TPSA) is 47.7 Å². The molecule has 1 heterocycles. The molecule has 0 fully saturated rings. The third-order valence-electron chi connectivity index (χ3n) is 2.39. The number of benzene rings is 1. The van der Waals surface area contributed by atoms with Crippen molar-refractivity contribution in [3.05, 3.63) is 18.2 Å². The van der Waals surface area contributed by atoms with Crippen LogP contribution in [0.3, 0.4) is 0 Å². The summed E-state index contributed by atoms with van der Waals surface area (Å²) in [5, 5.41) is 0.355. The van der Waals surface area contributed by atoms with Gasteiger partial charge in [-0.25, -0.2) is 0 Å². The lowest BCUT2D eigenvalue weighted by atomic mass is 10.2. The van der Waals surface area contributed by atoms with Crippen LogP contribution in [0.15, 0.2) is 18.2 Å². The molecule has 4 nitrogen and oxygen atoms in total. The Labute approximate surface area is 99.9 Å². The lowest BCUT2D eigenvalue weighted by molar-refractivity contribution is 0.174. The monoisotopic (exact) mass is 238 g/mol. The Kier molecular flexibility index (Phi) is 2.87. The summed E-state index contributed by atoms with van der Waals surface area (Å²) in [6.07, 6.45) is 0. The van der Waals surface area contributed by atoms with Gasteiger partial charge >= 0.3 is 0 Å². The van der Waals surface area contributed by atoms with Gasteiger partial charge in [0.1, 0.15) is 0 Å². The van der Waals surface area contributed by atoms with Crippen molar-refractivity contribution in [3.8, 4) is 11.5 Å². The highest BCUT2D eigenvalue weighted by Gasteiger charge is 2.18. The first-order valence-electron chi connectivity index (χ1n) is 5.08. The number of ether oxygens (including phenoxy) is 2. The van der Waals surface area contributed by atoms with Crippen LogP contribution in [0, 0.1) is 0 Å². The molecule has 0 unspecified atom stereocenters. The van der Waals surface area contributed by atoms with Crippen molar-refractivity contribution in [2.24, 2.45) is 5.73 Å². The number of nitrogens with two attached hydrogens (primary N) is 1. The van der Waals surface area contributed by atoms with Gasteiger partial charge in [0.2, 0.25) is 6.79 Å². The van der Waals surface area contributed by atoms with E-state index in [1.54, 1.807) is 0 Å². The minimum absolute atomic E-state index is 0.206. The second-order valence-corrected chi connectivity index (χ2v) is 4.26. The molecule has 0 saturated heterocycles. The predicted octanol–water partition coefficient (Wildman–Crippen LogP) is 1.87. The number of fused-ring (bicyclic) bond motifs is 1. The van der Waals surface area contributed by atoms with Crippen LogP contribution in [0.4, 0.5) is 5.69 Å². The highest BCUT2D eigenvalue weighted by Crippen LogP contribution is 2.35. The Morgan fingerprint density at radius 1 is 1.38 bits per heavy atom. The standard InChI is InChI=1S/C11H14N2O2S/c1-7(2)13(11(12)16)8-3-4-9-10(5-8)15-6-14-9/h3-5,7H,6H2,1-2H3,(H2,12,16). The molecule has 86 valence electrons. The summed E-state index contributed by atoms with van der Waals surface area (Å²) in [4.78, 5) is 1.87. The number of nitrogens with zero attached hydrogens (tertiary/aromatic N) is 1. The number of rotatable bonds is 2. The quantitative estimate of drug-likeness (QED) is 0.797. The highest BCUT2D eigenvalue weighted by molar-refractivity contribution is 7.80. The molecule has 5 heteroatoms. The molecule has 2 N–H and O–H groups in total. The van der Waals surface area contributed by atoms with E-state index in [1.165, 1.54) is 0 Å². The van der Waals surface area contributed by atoms with Crippen molar-refractivity contribution < 1.29 is 9.47 Å². The van der Waals surface area contributed by atoms with Crippen LogP contribution >= 0.6 is 12.2 Å². The second kappa shape index (κ2) is 4.17. The van der Waals surface area contributed by atoms with Crippen LogP contribution in [0.25, 0.3) is 0 Å². The number of hydrogen-bond acceptors (Lipinski definition) is 3. The summed E-state index contributed by atoms with van der Waals surface area (Å²) in [6.45, 7) is 4.33. The van der Waals surface area contributed by atoms with E-state index < -0.39 is 0 Å². The highest BCUT2D eigenvalue weighted by atomic mass is 32.1. The molecule has 2 rings (SSSR count). The molecule has 0 amide bonds. The minimum atomic E-state index is 0.206. The zero-order valence-electron chi connectivity index (χ0n) is 9.27. The van der Waals surface area contributed by atoms with E-state index in [4.69, 9.17) is 27.4 Å². The van der Waals surface area contributed by atoms with Gasteiger partial charge in [-0.1, -0.05) is 0 Å². The molecule has 0 bridgehead atoms. The molecule has 0 radical (unpaired) electrons. The van der Waals surface area contributed by atoms with E-state index in [2.05, 4.69) is 0 Å². The van der Waals surface area contributed by atoms with Gasteiger partial charge in [-0.3, -0.25) is 0 Å². The van der Waals surface area contributed by atoms with Crippen LogP contribution in [-0.2, 0) is 0 Å². The average molecular weight is 238 g/mol. The number of thiocarbonyl (C=S) groups is 1. The van der Waals surface area contributed by atoms with Crippen molar-refractivity contribution in [3.63, 3.8) is 0 Å². The third kappa shape index (κ3) is 1.90. The summed E-state index contributed by atoms with van der Waals surface area (Å²) in [5.74, 6) is 1.50. The normalized spacial score (nSPS) is 12.9. The fraction of sp³-hybridized carbons (Fsp3) is 0.364. The van der Waals surface area contributed by atoms with E-state index in [0.717, 1.165) is 17.2 Å². The van der Waals surface area contributed by atoms with E-state index >= 15 is 0 Å². The molecule has 16 heavy (non-hydrogen) atoms. The Morgan fingerprint density at radius 3 is 2.69 bits per heavy atom. The van der Waals surface area contributed by atoms with Gasteiger partial charge in [0.25, 0.3) is 0 Å². The van der Waals surface area contributed by atoms with Gasteiger partial charge in [0, 0.05) is 17.8 Å². The number of anilines is 1. The first-order chi connectivity index (χ1) is 7.59. The Bertz CT molecular complexity index is 420. The van der Waals surface area contributed by atoms with E-state index in [1.807, 2.05) is 36.9 Å². The molecule has 1 aromatic carbocycles. The van der Waals surface area contributed by atoms with Gasteiger partial charge in [0.15, 0.2) is 16.6 Å². The van der Waals surface area contributed by atoms with E-state index in [-0.39, 0.29) is 12.8 Å². The molecular weight excluding hydrogens is 224 g/mol. The largest absolute Gasteiger partial charge is 0.454 e. The van der Waals surface area contributed by atoms with Crippen LogP contribution in [0.2, 0.25) is 0 Å². The average Bonchev–Trinajstić information content (AvgIpc) is 2.63. The van der Waals surface area contributed by atoms with Crippen LogP contribution < -0.4 is 20.1 Å². The zero-order chi connectivity index (χ0) is 11.7. The summed E-state index contributed by atoms with van der Waals surface area (Å²) >= 11 is 5.03. The van der Waals surface area contributed by atoms with Crippen molar-refractivity contribution in [1.29, 1.82) is 0 Å². The van der Waals surface area contributed by atoms with Crippen molar-refractivity contribution in [2.75, 3.05) is 11.7 Å². The maximum Gasteiger partial charge on any atom is 0.231 e. The first kappa shape index (κ1) is 11.0. The third-order valence-corrected chi connectivity index (χ3v) is 2.58. The van der Waals surface area contributed by atoms with Crippen LogP contribution in [0.5, 0.6) is 11.5 Å². The van der Waals surface area contributed by atoms with Gasteiger partial charge in [-0.2, -0.15) is 0 Å². The zero-order valence-corrected chi connectivity index (χ0v) is 10.1. The fourth-order valence-corrected chi connectivity index (χ4v) is 2.03. The van der Waals surface area contributed by atoms with Gasteiger partial charge in [-0.15, -0.1) is 0 Å². The maximum absolute atomic E-state index is 5.70. The van der Waals surface area contributed by atoms with Crippen molar-refractivity contribution >= 4 is 23.0 Å². The molecule has 0 aliphatic carbocycles. The molecule has 1 aromatic rings. The minimum Gasteiger partial charge on any atom is -0.454 e. The summed E-state index contributed by atoms with van der Waals surface area (Å²) < 4.78 is 10.6. The van der Waals surface area contributed by atoms with Crippen LogP contribution in [0.1, 0.15) is 13.8 Å². The predicted molar refractivity (Wildman–Crippen MR) is 67.0 cm³/mol. The summed E-state index contributed by atoms with van der Waals surface area (Å²) in [5.41, 5.74) is 6.62. The maximum atomic E-state index is 5.70. The van der Waals surface area contributed by atoms with Crippen LogP contribution in [-0.4, -0.2) is 17.9 Å².